The summed E-state index contributed by atoms with van der Waals surface area (Å²) in [6, 6.07) is 1.69. The lowest BCUT2D eigenvalue weighted by Gasteiger charge is -2.16. The average Bonchev–Trinajstić information content (AvgIpc) is 2.96. The van der Waals surface area contributed by atoms with E-state index in [0.717, 1.165) is 11.3 Å². The number of hydrogen-bond acceptors (Lipinski definition) is 4. The Morgan fingerprint density at radius 2 is 2.37 bits per heavy atom. The highest BCUT2D eigenvalue weighted by Crippen LogP contribution is 2.10. The van der Waals surface area contributed by atoms with E-state index in [0.29, 0.717) is 18.9 Å². The molecule has 0 fully saturated rings. The van der Waals surface area contributed by atoms with Gasteiger partial charge in [-0.25, -0.2) is 9.78 Å². The first kappa shape index (κ1) is 13.1. The Bertz CT molecular complexity index is 560. The number of amides is 2. The van der Waals surface area contributed by atoms with E-state index in [2.05, 4.69) is 15.4 Å². The lowest BCUT2D eigenvalue weighted by molar-refractivity contribution is 0.206. The Kier molecular flexibility index (Phi) is 3.84. The summed E-state index contributed by atoms with van der Waals surface area (Å²) < 4.78 is 6.79. The van der Waals surface area contributed by atoms with Crippen LogP contribution in [0.4, 0.5) is 4.79 Å². The highest BCUT2D eigenvalue weighted by atomic mass is 16.3. The van der Waals surface area contributed by atoms with Crippen LogP contribution in [0.1, 0.15) is 17.1 Å². The summed E-state index contributed by atoms with van der Waals surface area (Å²) in [4.78, 5) is 17.5. The van der Waals surface area contributed by atoms with Crippen molar-refractivity contribution in [3.8, 4) is 0 Å². The van der Waals surface area contributed by atoms with Gasteiger partial charge >= 0.3 is 6.03 Å². The van der Waals surface area contributed by atoms with Gasteiger partial charge in [-0.2, -0.15) is 5.10 Å². The third-order valence-corrected chi connectivity index (χ3v) is 2.77. The van der Waals surface area contributed by atoms with Crippen LogP contribution in [0.5, 0.6) is 0 Å². The molecule has 0 aliphatic carbocycles. The van der Waals surface area contributed by atoms with Crippen LogP contribution in [0, 0.1) is 6.92 Å². The molecule has 2 heterocycles. The summed E-state index contributed by atoms with van der Waals surface area (Å²) in [5.74, 6) is 1.41. The Morgan fingerprint density at radius 3 is 2.95 bits per heavy atom. The molecule has 19 heavy (non-hydrogen) atoms. The molecule has 2 aromatic rings. The third kappa shape index (κ3) is 3.34. The maximum atomic E-state index is 11.9. The molecule has 2 amide bonds. The summed E-state index contributed by atoms with van der Waals surface area (Å²) in [5, 5.41) is 6.85. The van der Waals surface area contributed by atoms with Gasteiger partial charge in [0.15, 0.2) is 5.82 Å². The normalized spacial score (nSPS) is 10.5. The molecule has 1 N–H and O–H groups in total. The van der Waals surface area contributed by atoms with E-state index in [1.54, 1.807) is 36.3 Å². The molecule has 0 aliphatic heterocycles. The minimum absolute atomic E-state index is 0.173. The predicted octanol–water partition coefficient (Wildman–Crippen LogP) is 1.06. The number of rotatable bonds is 4. The van der Waals surface area contributed by atoms with Crippen LogP contribution in [-0.2, 0) is 20.1 Å². The molecule has 7 heteroatoms. The van der Waals surface area contributed by atoms with E-state index in [9.17, 15) is 4.79 Å². The second kappa shape index (κ2) is 5.55. The minimum atomic E-state index is -0.173. The third-order valence-electron chi connectivity index (χ3n) is 2.77. The first-order chi connectivity index (χ1) is 9.06. The zero-order chi connectivity index (χ0) is 13.8. The van der Waals surface area contributed by atoms with Crippen LogP contribution in [-0.4, -0.2) is 32.7 Å². The van der Waals surface area contributed by atoms with Gasteiger partial charge in [-0.3, -0.25) is 4.68 Å². The molecule has 0 radical (unpaired) electrons. The Labute approximate surface area is 111 Å². The standard InChI is InChI=1S/C12H17N5O2/c1-9-10(4-5-19-9)7-16(2)12(18)13-6-11-14-8-17(3)15-11/h4-5,8H,6-7H2,1-3H3,(H,13,18). The Hall–Kier alpha value is -2.31. The molecule has 0 aromatic carbocycles. The highest BCUT2D eigenvalue weighted by molar-refractivity contribution is 5.73. The molecule has 0 saturated heterocycles. The van der Waals surface area contributed by atoms with Crippen molar-refractivity contribution >= 4 is 6.03 Å². The average molecular weight is 263 g/mol. The van der Waals surface area contributed by atoms with Crippen molar-refractivity contribution in [2.45, 2.75) is 20.0 Å². The number of hydrogen-bond donors (Lipinski definition) is 1. The van der Waals surface area contributed by atoms with Gasteiger partial charge in [-0.05, 0) is 13.0 Å². The Balaban J connectivity index is 1.84. The van der Waals surface area contributed by atoms with Crippen molar-refractivity contribution in [2.75, 3.05) is 7.05 Å². The fraction of sp³-hybridized carbons (Fsp3) is 0.417. The van der Waals surface area contributed by atoms with Gasteiger partial charge in [-0.15, -0.1) is 0 Å². The number of furan rings is 1. The van der Waals surface area contributed by atoms with Gasteiger partial charge in [0.05, 0.1) is 19.4 Å². The molecule has 102 valence electrons. The van der Waals surface area contributed by atoms with Gasteiger partial charge in [0.25, 0.3) is 0 Å². The largest absolute Gasteiger partial charge is 0.469 e. The molecule has 0 bridgehead atoms. The summed E-state index contributed by atoms with van der Waals surface area (Å²) in [7, 11) is 3.51. The van der Waals surface area contributed by atoms with E-state index < -0.39 is 0 Å². The topological polar surface area (TPSA) is 76.2 Å². The summed E-state index contributed by atoms with van der Waals surface area (Å²) >= 11 is 0. The van der Waals surface area contributed by atoms with Crippen LogP contribution in [0.3, 0.4) is 0 Å². The van der Waals surface area contributed by atoms with Crippen molar-refractivity contribution in [2.24, 2.45) is 7.05 Å². The van der Waals surface area contributed by atoms with Crippen LogP contribution in [0.25, 0.3) is 0 Å². The van der Waals surface area contributed by atoms with Crippen LogP contribution in [0.15, 0.2) is 23.1 Å². The smallest absolute Gasteiger partial charge is 0.317 e. The maximum Gasteiger partial charge on any atom is 0.317 e. The fourth-order valence-corrected chi connectivity index (χ4v) is 1.66. The second-order valence-corrected chi connectivity index (χ2v) is 4.35. The number of nitrogens with one attached hydrogen (secondary N) is 1. The van der Waals surface area contributed by atoms with Crippen molar-refractivity contribution in [3.63, 3.8) is 0 Å². The van der Waals surface area contributed by atoms with Gasteiger partial charge in [0.2, 0.25) is 0 Å². The van der Waals surface area contributed by atoms with E-state index >= 15 is 0 Å². The fourth-order valence-electron chi connectivity index (χ4n) is 1.66. The van der Waals surface area contributed by atoms with Crippen molar-refractivity contribution in [1.29, 1.82) is 0 Å². The summed E-state index contributed by atoms with van der Waals surface area (Å²) in [5.41, 5.74) is 0.994. The second-order valence-electron chi connectivity index (χ2n) is 4.35. The van der Waals surface area contributed by atoms with Crippen LogP contribution in [0.2, 0.25) is 0 Å². The van der Waals surface area contributed by atoms with E-state index in [-0.39, 0.29) is 6.03 Å². The van der Waals surface area contributed by atoms with E-state index in [4.69, 9.17) is 4.42 Å². The number of nitrogens with zero attached hydrogens (tertiary/aromatic N) is 4. The SMILES string of the molecule is Cc1occc1CN(C)C(=O)NCc1ncn(C)n1. The van der Waals surface area contributed by atoms with Gasteiger partial charge in [-0.1, -0.05) is 0 Å². The molecule has 0 unspecified atom stereocenters. The predicted molar refractivity (Wildman–Crippen MR) is 68.2 cm³/mol. The first-order valence-corrected chi connectivity index (χ1v) is 5.92. The van der Waals surface area contributed by atoms with Crippen molar-refractivity contribution < 1.29 is 9.21 Å². The van der Waals surface area contributed by atoms with Crippen LogP contribution >= 0.6 is 0 Å². The maximum absolute atomic E-state index is 11.9. The number of carbonyl (C=O) groups is 1. The summed E-state index contributed by atoms with van der Waals surface area (Å²) in [6.45, 7) is 2.69. The molecule has 0 saturated carbocycles. The molecule has 2 rings (SSSR count). The van der Waals surface area contributed by atoms with Crippen molar-refractivity contribution in [3.05, 3.63) is 35.8 Å². The van der Waals surface area contributed by atoms with Crippen LogP contribution < -0.4 is 5.32 Å². The zero-order valence-corrected chi connectivity index (χ0v) is 11.3. The zero-order valence-electron chi connectivity index (χ0n) is 11.3. The first-order valence-electron chi connectivity index (χ1n) is 5.92. The van der Waals surface area contributed by atoms with Gasteiger partial charge < -0.3 is 14.6 Å². The van der Waals surface area contributed by atoms with Gasteiger partial charge in [0.1, 0.15) is 12.1 Å². The van der Waals surface area contributed by atoms with Gasteiger partial charge in [0, 0.05) is 19.7 Å². The number of aromatic nitrogens is 3. The molecule has 2 aromatic heterocycles. The molecule has 7 nitrogen and oxygen atoms in total. The molecule has 0 atom stereocenters. The number of aryl methyl sites for hydroxylation is 2. The minimum Gasteiger partial charge on any atom is -0.469 e. The molecular weight excluding hydrogens is 246 g/mol. The molecular formula is C12H17N5O2. The lowest BCUT2D eigenvalue weighted by Crippen LogP contribution is -2.36. The number of urea groups is 1. The molecule has 0 aliphatic rings. The summed E-state index contributed by atoms with van der Waals surface area (Å²) in [6.07, 6.45) is 3.22. The highest BCUT2D eigenvalue weighted by Gasteiger charge is 2.12. The monoisotopic (exact) mass is 263 g/mol. The number of carbonyl (C=O) groups excluding carboxylic acids is 1. The Morgan fingerprint density at radius 1 is 1.58 bits per heavy atom. The molecule has 0 spiro atoms. The van der Waals surface area contributed by atoms with E-state index in [1.165, 1.54) is 0 Å². The lowest BCUT2D eigenvalue weighted by atomic mass is 10.2. The quantitative estimate of drug-likeness (QED) is 0.894. The van der Waals surface area contributed by atoms with E-state index in [1.807, 2.05) is 13.0 Å². The van der Waals surface area contributed by atoms with Crippen molar-refractivity contribution in [1.82, 2.24) is 25.0 Å².